The van der Waals surface area contributed by atoms with Crippen LogP contribution < -0.4 is 10.6 Å². The van der Waals surface area contributed by atoms with Crippen LogP contribution in [-0.4, -0.2) is 21.8 Å². The molecule has 0 bridgehead atoms. The molecule has 4 rings (SSSR count). The number of nitrogens with one attached hydrogen (secondary N) is 3. The highest BCUT2D eigenvalue weighted by Gasteiger charge is 2.40. The van der Waals surface area contributed by atoms with Crippen molar-refractivity contribution in [2.75, 3.05) is 5.32 Å². The van der Waals surface area contributed by atoms with Crippen molar-refractivity contribution in [1.82, 2.24) is 15.3 Å². The third kappa shape index (κ3) is 2.83. The third-order valence-electron chi connectivity index (χ3n) is 4.70. The standard InChI is InChI=1S/C18H12Cl4N4O2/c1-18(2)6-3-4-9-13(10(6)15(27)26-16(18)28)24-17(23-9)25-14-11(21)7(19)5-8(20)12(14)22/h3-5H,1-2H3,(H2,23,24,25)(H,26,27,28). The number of carbonyl (C=O) groups excluding carboxylic acids is 2. The second-order valence-electron chi connectivity index (χ2n) is 6.85. The van der Waals surface area contributed by atoms with Crippen LogP contribution in [-0.2, 0) is 10.2 Å². The molecule has 144 valence electrons. The number of fused-ring (bicyclic) bond motifs is 3. The first-order chi connectivity index (χ1) is 13.1. The van der Waals surface area contributed by atoms with Crippen LogP contribution in [0.4, 0.5) is 11.6 Å². The molecule has 0 unspecified atom stereocenters. The van der Waals surface area contributed by atoms with Gasteiger partial charge in [-0.3, -0.25) is 14.9 Å². The summed E-state index contributed by atoms with van der Waals surface area (Å²) in [7, 11) is 0. The summed E-state index contributed by atoms with van der Waals surface area (Å²) in [6.45, 7) is 3.50. The lowest BCUT2D eigenvalue weighted by Gasteiger charge is -2.30. The molecule has 0 saturated carbocycles. The fraction of sp³-hybridized carbons (Fsp3) is 0.167. The summed E-state index contributed by atoms with van der Waals surface area (Å²) in [6.07, 6.45) is 0. The number of hydrogen-bond donors (Lipinski definition) is 3. The Kier molecular flexibility index (Phi) is 4.50. The molecule has 0 atom stereocenters. The van der Waals surface area contributed by atoms with E-state index in [1.165, 1.54) is 6.07 Å². The lowest BCUT2D eigenvalue weighted by atomic mass is 9.78. The van der Waals surface area contributed by atoms with Crippen molar-refractivity contribution in [3.63, 3.8) is 0 Å². The molecular formula is C18H12Cl4N4O2. The molecule has 1 aliphatic heterocycles. The summed E-state index contributed by atoms with van der Waals surface area (Å²) in [5, 5.41) is 6.17. The first kappa shape index (κ1) is 19.3. The predicted octanol–water partition coefficient (Wildman–Crippen LogP) is 5.47. The Bertz CT molecular complexity index is 1160. The Balaban J connectivity index is 1.86. The number of aromatic amines is 1. The number of benzene rings is 2. The van der Waals surface area contributed by atoms with Crippen molar-refractivity contribution >= 4 is 80.9 Å². The minimum Gasteiger partial charge on any atom is -0.324 e. The van der Waals surface area contributed by atoms with Gasteiger partial charge in [0.2, 0.25) is 11.9 Å². The quantitative estimate of drug-likeness (QED) is 0.351. The van der Waals surface area contributed by atoms with Gasteiger partial charge in [-0.2, -0.15) is 0 Å². The molecule has 0 radical (unpaired) electrons. The molecule has 6 nitrogen and oxygen atoms in total. The van der Waals surface area contributed by atoms with E-state index in [4.69, 9.17) is 46.4 Å². The van der Waals surface area contributed by atoms with E-state index in [0.29, 0.717) is 22.2 Å². The summed E-state index contributed by atoms with van der Waals surface area (Å²) in [6, 6.07) is 4.94. The maximum Gasteiger partial charge on any atom is 0.260 e. The van der Waals surface area contributed by atoms with Crippen LogP contribution in [0.2, 0.25) is 20.1 Å². The van der Waals surface area contributed by atoms with Crippen molar-refractivity contribution in [3.8, 4) is 0 Å². The molecule has 0 fully saturated rings. The molecule has 0 aliphatic carbocycles. The van der Waals surface area contributed by atoms with E-state index in [1.807, 2.05) is 0 Å². The lowest BCUT2D eigenvalue weighted by molar-refractivity contribution is -0.125. The summed E-state index contributed by atoms with van der Waals surface area (Å²) in [5.41, 5.74) is 1.38. The molecular weight excluding hydrogens is 446 g/mol. The van der Waals surface area contributed by atoms with E-state index in [9.17, 15) is 9.59 Å². The number of imide groups is 1. The minimum absolute atomic E-state index is 0.183. The molecule has 2 heterocycles. The summed E-state index contributed by atoms with van der Waals surface area (Å²) in [4.78, 5) is 32.2. The van der Waals surface area contributed by atoms with Gasteiger partial charge in [-0.05, 0) is 31.5 Å². The van der Waals surface area contributed by atoms with Gasteiger partial charge in [-0.1, -0.05) is 52.5 Å². The topological polar surface area (TPSA) is 86.9 Å². The molecule has 28 heavy (non-hydrogen) atoms. The highest BCUT2D eigenvalue weighted by atomic mass is 35.5. The number of halogens is 4. The number of aromatic nitrogens is 2. The molecule has 0 spiro atoms. The van der Waals surface area contributed by atoms with Crippen molar-refractivity contribution in [2.45, 2.75) is 19.3 Å². The van der Waals surface area contributed by atoms with Gasteiger partial charge in [-0.15, -0.1) is 0 Å². The Morgan fingerprint density at radius 1 is 1.04 bits per heavy atom. The van der Waals surface area contributed by atoms with Gasteiger partial charge in [0.15, 0.2) is 0 Å². The maximum absolute atomic E-state index is 12.5. The maximum atomic E-state index is 12.5. The second-order valence-corrected chi connectivity index (χ2v) is 8.42. The molecule has 2 aromatic carbocycles. The lowest BCUT2D eigenvalue weighted by Crippen LogP contribution is -2.48. The van der Waals surface area contributed by atoms with Gasteiger partial charge in [0.05, 0.1) is 42.3 Å². The van der Waals surface area contributed by atoms with Crippen LogP contribution in [0.1, 0.15) is 29.8 Å². The van der Waals surface area contributed by atoms with Crippen LogP contribution in [0.3, 0.4) is 0 Å². The Morgan fingerprint density at radius 2 is 1.68 bits per heavy atom. The number of anilines is 2. The zero-order valence-corrected chi connectivity index (χ0v) is 17.5. The highest BCUT2D eigenvalue weighted by Crippen LogP contribution is 2.42. The van der Waals surface area contributed by atoms with Crippen LogP contribution in [0, 0.1) is 0 Å². The van der Waals surface area contributed by atoms with Crippen molar-refractivity contribution < 1.29 is 9.59 Å². The summed E-state index contributed by atoms with van der Waals surface area (Å²) in [5.74, 6) is -0.566. The average molecular weight is 458 g/mol. The fourth-order valence-electron chi connectivity index (χ4n) is 3.13. The zero-order chi connectivity index (χ0) is 20.4. The van der Waals surface area contributed by atoms with E-state index in [1.54, 1.807) is 26.0 Å². The van der Waals surface area contributed by atoms with Gasteiger partial charge in [0.25, 0.3) is 5.91 Å². The van der Waals surface area contributed by atoms with Crippen molar-refractivity contribution in [1.29, 1.82) is 0 Å². The Labute approximate surface area is 179 Å². The largest absolute Gasteiger partial charge is 0.324 e. The van der Waals surface area contributed by atoms with Gasteiger partial charge in [-0.25, -0.2) is 4.98 Å². The number of imidazole rings is 1. The SMILES string of the molecule is CC1(C)C(=O)NC(=O)c2c1ccc1[nH]c(Nc3c(Cl)c(Cl)cc(Cl)c3Cl)nc21. The minimum atomic E-state index is -0.864. The van der Waals surface area contributed by atoms with Crippen LogP contribution in [0.15, 0.2) is 18.2 Å². The monoisotopic (exact) mass is 456 g/mol. The smallest absolute Gasteiger partial charge is 0.260 e. The second kappa shape index (κ2) is 6.52. The Morgan fingerprint density at radius 3 is 2.32 bits per heavy atom. The number of hydrogen-bond acceptors (Lipinski definition) is 4. The summed E-state index contributed by atoms with van der Waals surface area (Å²) < 4.78 is 0. The van der Waals surface area contributed by atoms with E-state index in [0.717, 1.165) is 0 Å². The van der Waals surface area contributed by atoms with Crippen molar-refractivity contribution in [2.24, 2.45) is 0 Å². The first-order valence-corrected chi connectivity index (χ1v) is 9.61. The van der Waals surface area contributed by atoms with Crippen LogP contribution >= 0.6 is 46.4 Å². The number of nitrogens with zero attached hydrogens (tertiary/aromatic N) is 1. The molecule has 3 N–H and O–H groups in total. The number of H-pyrrole nitrogens is 1. The predicted molar refractivity (Wildman–Crippen MR) is 111 cm³/mol. The Hall–Kier alpha value is -1.99. The van der Waals surface area contributed by atoms with Gasteiger partial charge in [0, 0.05) is 0 Å². The van der Waals surface area contributed by atoms with Gasteiger partial charge < -0.3 is 10.3 Å². The van der Waals surface area contributed by atoms with Crippen molar-refractivity contribution in [3.05, 3.63) is 49.4 Å². The zero-order valence-electron chi connectivity index (χ0n) is 14.5. The van der Waals surface area contributed by atoms with Gasteiger partial charge in [0.1, 0.15) is 5.52 Å². The average Bonchev–Trinajstić information content (AvgIpc) is 3.04. The van der Waals surface area contributed by atoms with E-state index < -0.39 is 11.3 Å². The van der Waals surface area contributed by atoms with Gasteiger partial charge >= 0.3 is 0 Å². The molecule has 3 aromatic rings. The summed E-state index contributed by atoms with van der Waals surface area (Å²) >= 11 is 24.6. The van der Waals surface area contributed by atoms with E-state index in [2.05, 4.69) is 20.6 Å². The van der Waals surface area contributed by atoms with Crippen LogP contribution in [0.25, 0.3) is 11.0 Å². The first-order valence-electron chi connectivity index (χ1n) is 8.10. The number of rotatable bonds is 2. The molecule has 0 saturated heterocycles. The van der Waals surface area contributed by atoms with Crippen LogP contribution in [0.5, 0.6) is 0 Å². The number of amides is 2. The molecule has 10 heteroatoms. The molecule has 1 aromatic heterocycles. The fourth-order valence-corrected chi connectivity index (χ4v) is 4.03. The normalized spacial score (nSPS) is 15.5. The third-order valence-corrected chi connectivity index (χ3v) is 6.28. The number of carbonyl (C=O) groups is 2. The van der Waals surface area contributed by atoms with E-state index in [-0.39, 0.29) is 37.6 Å². The molecule has 1 aliphatic rings. The van der Waals surface area contributed by atoms with E-state index >= 15 is 0 Å². The highest BCUT2D eigenvalue weighted by molar-refractivity contribution is 6.50. The molecule has 2 amide bonds.